The van der Waals surface area contributed by atoms with E-state index in [0.29, 0.717) is 18.1 Å². The normalized spacial score (nSPS) is 18.1. The summed E-state index contributed by atoms with van der Waals surface area (Å²) in [6.07, 6.45) is 0. The highest BCUT2D eigenvalue weighted by Gasteiger charge is 2.29. The molecule has 5 heteroatoms. The van der Waals surface area contributed by atoms with Gasteiger partial charge in [-0.2, -0.15) is 5.26 Å². The topological polar surface area (TPSA) is 56.1 Å². The first-order valence-electron chi connectivity index (χ1n) is 5.32. The highest BCUT2D eigenvalue weighted by Crippen LogP contribution is 2.43. The van der Waals surface area contributed by atoms with Crippen molar-refractivity contribution in [2.75, 3.05) is 13.1 Å². The number of rotatable bonds is 3. The van der Waals surface area contributed by atoms with Crippen LogP contribution >= 0.6 is 11.8 Å². The summed E-state index contributed by atoms with van der Waals surface area (Å²) in [5, 5.41) is 12.4. The van der Waals surface area contributed by atoms with Gasteiger partial charge in [-0.05, 0) is 13.8 Å². The van der Waals surface area contributed by atoms with Gasteiger partial charge in [0.1, 0.15) is 16.7 Å². The minimum absolute atomic E-state index is 0.124. The van der Waals surface area contributed by atoms with Crippen LogP contribution in [0, 0.1) is 11.3 Å². The fraction of sp³-hybridized carbons (Fsp3) is 0.333. The Balaban J connectivity index is 3.18. The summed E-state index contributed by atoms with van der Waals surface area (Å²) in [5.41, 5.74) is 0.878. The van der Waals surface area contributed by atoms with E-state index in [0.717, 1.165) is 10.6 Å². The van der Waals surface area contributed by atoms with Crippen molar-refractivity contribution < 1.29 is 4.79 Å². The van der Waals surface area contributed by atoms with Gasteiger partial charge in [0, 0.05) is 23.7 Å². The number of carbonyl (C=O) groups excluding carboxylic acids is 1. The molecule has 0 aliphatic carbocycles. The summed E-state index contributed by atoms with van der Waals surface area (Å²) in [6.45, 7) is 12.7. The third-order valence-corrected chi connectivity index (χ3v) is 3.42. The first kappa shape index (κ1) is 13.4. The molecule has 0 atom stereocenters. The van der Waals surface area contributed by atoms with Gasteiger partial charge >= 0.3 is 0 Å². The fourth-order valence-corrected chi connectivity index (χ4v) is 2.52. The van der Waals surface area contributed by atoms with Crippen molar-refractivity contribution in [2.24, 2.45) is 0 Å². The SMILES string of the molecule is C=C1S/C(=C(/C#N)C(=O)NCC)N(CC)C1=C. The summed E-state index contributed by atoms with van der Waals surface area (Å²) in [5.74, 6) is -0.349. The molecule has 1 N–H and O–H groups in total. The smallest absolute Gasteiger partial charge is 0.264 e. The average Bonchev–Trinajstić information content (AvgIpc) is 2.56. The molecule has 1 fully saturated rings. The van der Waals surface area contributed by atoms with Crippen molar-refractivity contribution in [2.45, 2.75) is 13.8 Å². The van der Waals surface area contributed by atoms with E-state index in [1.807, 2.05) is 24.8 Å². The third-order valence-electron chi connectivity index (χ3n) is 2.32. The van der Waals surface area contributed by atoms with Gasteiger partial charge in [-0.3, -0.25) is 4.79 Å². The maximum absolute atomic E-state index is 11.7. The van der Waals surface area contributed by atoms with Gasteiger partial charge in [0.25, 0.3) is 5.91 Å². The Kier molecular flexibility index (Phi) is 4.41. The first-order valence-corrected chi connectivity index (χ1v) is 6.14. The molecule has 1 aliphatic heterocycles. The zero-order valence-corrected chi connectivity index (χ0v) is 10.9. The molecule has 0 unspecified atom stereocenters. The summed E-state index contributed by atoms with van der Waals surface area (Å²) >= 11 is 1.32. The van der Waals surface area contributed by atoms with Crippen LogP contribution in [-0.2, 0) is 4.79 Å². The number of nitrogens with zero attached hydrogens (tertiary/aromatic N) is 2. The fourth-order valence-electron chi connectivity index (χ4n) is 1.47. The van der Waals surface area contributed by atoms with Gasteiger partial charge < -0.3 is 10.2 Å². The van der Waals surface area contributed by atoms with Crippen LogP contribution in [0.5, 0.6) is 0 Å². The van der Waals surface area contributed by atoms with Crippen LogP contribution < -0.4 is 5.32 Å². The van der Waals surface area contributed by atoms with E-state index in [9.17, 15) is 4.79 Å². The molecule has 0 saturated carbocycles. The predicted octanol–water partition coefficient (Wildman–Crippen LogP) is 1.95. The van der Waals surface area contributed by atoms with Crippen LogP contribution in [0.15, 0.2) is 34.4 Å². The van der Waals surface area contributed by atoms with Gasteiger partial charge in [-0.25, -0.2) is 0 Å². The lowest BCUT2D eigenvalue weighted by molar-refractivity contribution is -0.117. The van der Waals surface area contributed by atoms with Crippen LogP contribution in [0.25, 0.3) is 0 Å². The molecule has 4 nitrogen and oxygen atoms in total. The van der Waals surface area contributed by atoms with Crippen molar-refractivity contribution >= 4 is 17.7 Å². The summed E-state index contributed by atoms with van der Waals surface area (Å²) in [6, 6.07) is 1.96. The van der Waals surface area contributed by atoms with Crippen molar-refractivity contribution in [1.29, 1.82) is 5.26 Å². The Labute approximate surface area is 106 Å². The van der Waals surface area contributed by atoms with Gasteiger partial charge in [-0.15, -0.1) is 0 Å². The van der Waals surface area contributed by atoms with Crippen molar-refractivity contribution in [3.63, 3.8) is 0 Å². The highest BCUT2D eigenvalue weighted by atomic mass is 32.2. The molecule has 1 amide bonds. The van der Waals surface area contributed by atoms with Crippen molar-refractivity contribution in [3.8, 4) is 6.07 Å². The Bertz CT molecular complexity index is 445. The zero-order valence-electron chi connectivity index (χ0n) is 10.0. The second kappa shape index (κ2) is 5.60. The van der Waals surface area contributed by atoms with E-state index in [2.05, 4.69) is 18.5 Å². The van der Waals surface area contributed by atoms with Crippen LogP contribution in [0.2, 0.25) is 0 Å². The predicted molar refractivity (Wildman–Crippen MR) is 69.6 cm³/mol. The molecule has 0 aromatic heterocycles. The average molecular weight is 249 g/mol. The highest BCUT2D eigenvalue weighted by molar-refractivity contribution is 8.07. The lowest BCUT2D eigenvalue weighted by atomic mass is 10.2. The van der Waals surface area contributed by atoms with Crippen LogP contribution in [0.3, 0.4) is 0 Å². The quantitative estimate of drug-likeness (QED) is 0.613. The van der Waals surface area contributed by atoms with E-state index < -0.39 is 0 Å². The Morgan fingerprint density at radius 3 is 2.65 bits per heavy atom. The molecule has 1 aliphatic rings. The van der Waals surface area contributed by atoms with E-state index in [-0.39, 0.29) is 11.5 Å². The molecule has 0 aromatic carbocycles. The third kappa shape index (κ3) is 2.53. The molecular weight excluding hydrogens is 234 g/mol. The van der Waals surface area contributed by atoms with Gasteiger partial charge in [0.05, 0.1) is 0 Å². The second-order valence-corrected chi connectivity index (χ2v) is 4.45. The molecular formula is C12H15N3OS. The standard InChI is InChI=1S/C12H15N3OS/c1-5-14-11(16)10(7-13)12-15(6-2)8(3)9(4)17-12/h3-6H2,1-2H3,(H,14,16)/b12-10-. The van der Waals surface area contributed by atoms with E-state index in [4.69, 9.17) is 5.26 Å². The molecule has 90 valence electrons. The van der Waals surface area contributed by atoms with E-state index in [1.54, 1.807) is 0 Å². The minimum Gasteiger partial charge on any atom is -0.352 e. The molecule has 0 radical (unpaired) electrons. The molecule has 1 heterocycles. The number of hydrogen-bond acceptors (Lipinski definition) is 4. The Morgan fingerprint density at radius 2 is 2.18 bits per heavy atom. The number of nitriles is 1. The lowest BCUT2D eigenvalue weighted by Gasteiger charge is -2.18. The maximum atomic E-state index is 11.7. The number of likely N-dealkylation sites (N-methyl/N-ethyl adjacent to an activating group) is 2. The lowest BCUT2D eigenvalue weighted by Crippen LogP contribution is -2.27. The number of carbonyl (C=O) groups is 1. The second-order valence-electron chi connectivity index (χ2n) is 3.37. The Morgan fingerprint density at radius 1 is 1.53 bits per heavy atom. The maximum Gasteiger partial charge on any atom is 0.264 e. The number of thioether (sulfide) groups is 1. The van der Waals surface area contributed by atoms with Crippen molar-refractivity contribution in [3.05, 3.63) is 34.4 Å². The number of amides is 1. The molecule has 1 rings (SSSR count). The number of hydrogen-bond donors (Lipinski definition) is 1. The van der Waals surface area contributed by atoms with E-state index >= 15 is 0 Å². The number of nitrogens with one attached hydrogen (secondary N) is 1. The van der Waals surface area contributed by atoms with Crippen molar-refractivity contribution in [1.82, 2.24) is 10.2 Å². The monoisotopic (exact) mass is 249 g/mol. The van der Waals surface area contributed by atoms with Gasteiger partial charge in [0.2, 0.25) is 0 Å². The van der Waals surface area contributed by atoms with Crippen LogP contribution in [0.1, 0.15) is 13.8 Å². The van der Waals surface area contributed by atoms with Gasteiger partial charge in [-0.1, -0.05) is 24.9 Å². The first-order chi connectivity index (χ1) is 8.06. The molecule has 1 saturated heterocycles. The summed E-state index contributed by atoms with van der Waals surface area (Å²) in [4.78, 5) is 14.4. The molecule has 0 spiro atoms. The summed E-state index contributed by atoms with van der Waals surface area (Å²) in [7, 11) is 0. The van der Waals surface area contributed by atoms with Gasteiger partial charge in [0.15, 0.2) is 0 Å². The zero-order chi connectivity index (χ0) is 13.0. The summed E-state index contributed by atoms with van der Waals surface area (Å²) < 4.78 is 0. The minimum atomic E-state index is -0.349. The van der Waals surface area contributed by atoms with E-state index in [1.165, 1.54) is 11.8 Å². The molecule has 0 bridgehead atoms. The largest absolute Gasteiger partial charge is 0.352 e. The Hall–Kier alpha value is -1.67. The van der Waals surface area contributed by atoms with Crippen LogP contribution in [0.4, 0.5) is 0 Å². The van der Waals surface area contributed by atoms with Crippen LogP contribution in [-0.4, -0.2) is 23.9 Å². The molecule has 17 heavy (non-hydrogen) atoms. The molecule has 0 aromatic rings.